The van der Waals surface area contributed by atoms with Gasteiger partial charge in [-0.25, -0.2) is 0 Å². The molecule has 0 saturated carbocycles. The van der Waals surface area contributed by atoms with Gasteiger partial charge in [-0.1, -0.05) is 50.2 Å². The van der Waals surface area contributed by atoms with E-state index in [-0.39, 0.29) is 11.8 Å². The summed E-state index contributed by atoms with van der Waals surface area (Å²) in [4.78, 5) is 15.2. The van der Waals surface area contributed by atoms with Crippen molar-refractivity contribution in [2.45, 2.75) is 39.5 Å². The Kier molecular flexibility index (Phi) is 4.65. The van der Waals surface area contributed by atoms with E-state index in [0.29, 0.717) is 6.54 Å². The second-order valence-corrected chi connectivity index (χ2v) is 6.21. The Morgan fingerprint density at radius 1 is 1.18 bits per heavy atom. The summed E-state index contributed by atoms with van der Waals surface area (Å²) in [5.74, 6) is -0.810. The number of carboxylic acids is 1. The van der Waals surface area contributed by atoms with Gasteiger partial charge in [-0.15, -0.1) is 0 Å². The van der Waals surface area contributed by atoms with Gasteiger partial charge < -0.3 is 5.11 Å². The van der Waals surface area contributed by atoms with Crippen molar-refractivity contribution in [3.05, 3.63) is 47.5 Å². The number of aryl methyl sites for hydroxylation is 1. The maximum absolute atomic E-state index is 10.7. The molecule has 0 unspecified atom stereocenters. The zero-order chi connectivity index (χ0) is 16.3. The number of rotatable bonds is 5. The first kappa shape index (κ1) is 16.2. The molecule has 0 saturated heterocycles. The monoisotopic (exact) mass is 297 g/mol. The predicted octanol–water partition coefficient (Wildman–Crippen LogP) is 4.36. The van der Waals surface area contributed by atoms with Gasteiger partial charge in [-0.3, -0.25) is 9.79 Å². The molecule has 0 aromatic heterocycles. The molecule has 0 spiro atoms. The van der Waals surface area contributed by atoms with Crippen molar-refractivity contribution in [3.8, 4) is 0 Å². The molecule has 0 aliphatic heterocycles. The lowest BCUT2D eigenvalue weighted by atomic mass is 9.76. The predicted molar refractivity (Wildman–Crippen MR) is 91.9 cm³/mol. The van der Waals surface area contributed by atoms with Gasteiger partial charge in [0.1, 0.15) is 0 Å². The van der Waals surface area contributed by atoms with Crippen molar-refractivity contribution < 1.29 is 9.90 Å². The van der Waals surface area contributed by atoms with Crippen LogP contribution in [0.3, 0.4) is 0 Å². The fourth-order valence-corrected chi connectivity index (χ4v) is 2.91. The standard InChI is InChI=1S/C19H23NO2/c1-13-9-10-15-7-5-6-8-16(15)18(13)19(3,4)14(2)20-12-11-17(21)22/h5-10H,11-12H2,1-4H3,(H,21,22). The Hall–Kier alpha value is -2.16. The first-order chi connectivity index (χ1) is 10.3. The summed E-state index contributed by atoms with van der Waals surface area (Å²) in [6, 6.07) is 12.6. The van der Waals surface area contributed by atoms with Crippen molar-refractivity contribution in [2.75, 3.05) is 6.54 Å². The zero-order valence-electron chi connectivity index (χ0n) is 13.7. The average molecular weight is 297 g/mol. The van der Waals surface area contributed by atoms with Gasteiger partial charge >= 0.3 is 5.97 Å². The molecule has 2 aromatic rings. The van der Waals surface area contributed by atoms with E-state index in [4.69, 9.17) is 5.11 Å². The van der Waals surface area contributed by atoms with E-state index < -0.39 is 5.97 Å². The molecule has 0 fully saturated rings. The highest BCUT2D eigenvalue weighted by atomic mass is 16.4. The quantitative estimate of drug-likeness (QED) is 0.833. The summed E-state index contributed by atoms with van der Waals surface area (Å²) in [6.07, 6.45) is 0.0714. The van der Waals surface area contributed by atoms with E-state index in [9.17, 15) is 4.79 Å². The van der Waals surface area contributed by atoms with Gasteiger partial charge in [0, 0.05) is 17.7 Å². The van der Waals surface area contributed by atoms with Crippen molar-refractivity contribution in [2.24, 2.45) is 4.99 Å². The molecule has 2 aromatic carbocycles. The topological polar surface area (TPSA) is 49.7 Å². The van der Waals surface area contributed by atoms with Crippen molar-refractivity contribution in [1.29, 1.82) is 0 Å². The minimum absolute atomic E-state index is 0.0714. The second-order valence-electron chi connectivity index (χ2n) is 6.21. The minimum Gasteiger partial charge on any atom is -0.481 e. The number of benzene rings is 2. The van der Waals surface area contributed by atoms with Crippen LogP contribution in [0.4, 0.5) is 0 Å². The minimum atomic E-state index is -0.810. The Morgan fingerprint density at radius 3 is 2.55 bits per heavy atom. The summed E-state index contributed by atoms with van der Waals surface area (Å²) in [5.41, 5.74) is 3.23. The lowest BCUT2D eigenvalue weighted by Crippen LogP contribution is -2.28. The molecule has 0 atom stereocenters. The Balaban J connectivity index is 2.49. The lowest BCUT2D eigenvalue weighted by Gasteiger charge is -2.29. The molecule has 1 N–H and O–H groups in total. The first-order valence-electron chi connectivity index (χ1n) is 7.56. The molecule has 0 heterocycles. The molecule has 2 rings (SSSR count). The van der Waals surface area contributed by atoms with Gasteiger partial charge in [0.2, 0.25) is 0 Å². The van der Waals surface area contributed by atoms with Crippen LogP contribution in [0.1, 0.15) is 38.3 Å². The van der Waals surface area contributed by atoms with Crippen LogP contribution < -0.4 is 0 Å². The maximum Gasteiger partial charge on any atom is 0.305 e. The van der Waals surface area contributed by atoms with Gasteiger partial charge in [0.15, 0.2) is 0 Å². The summed E-state index contributed by atoms with van der Waals surface area (Å²) in [7, 11) is 0. The molecule has 116 valence electrons. The number of hydrogen-bond acceptors (Lipinski definition) is 2. The number of fused-ring (bicyclic) bond motifs is 1. The molecule has 0 aliphatic rings. The van der Waals surface area contributed by atoms with E-state index >= 15 is 0 Å². The van der Waals surface area contributed by atoms with Crippen LogP contribution in [0, 0.1) is 6.92 Å². The summed E-state index contributed by atoms with van der Waals surface area (Å²) in [6.45, 7) is 8.74. The smallest absolute Gasteiger partial charge is 0.305 e. The number of carboxylic acid groups (broad SMARTS) is 1. The highest BCUT2D eigenvalue weighted by Gasteiger charge is 2.27. The van der Waals surface area contributed by atoms with Crippen molar-refractivity contribution in [1.82, 2.24) is 0 Å². The van der Waals surface area contributed by atoms with Crippen LogP contribution in [0.2, 0.25) is 0 Å². The van der Waals surface area contributed by atoms with Gasteiger partial charge in [0.25, 0.3) is 0 Å². The Bertz CT molecular complexity index is 729. The van der Waals surface area contributed by atoms with Crippen molar-refractivity contribution >= 4 is 22.5 Å². The third kappa shape index (κ3) is 3.19. The highest BCUT2D eigenvalue weighted by molar-refractivity contribution is 5.98. The van der Waals surface area contributed by atoms with Crippen LogP contribution >= 0.6 is 0 Å². The van der Waals surface area contributed by atoms with Crippen LogP contribution in [0.15, 0.2) is 41.4 Å². The lowest BCUT2D eigenvalue weighted by molar-refractivity contribution is -0.136. The summed E-state index contributed by atoms with van der Waals surface area (Å²) in [5, 5.41) is 11.2. The van der Waals surface area contributed by atoms with Crippen LogP contribution in [-0.4, -0.2) is 23.3 Å². The fraction of sp³-hybridized carbons (Fsp3) is 0.368. The van der Waals surface area contributed by atoms with E-state index in [0.717, 1.165) is 5.71 Å². The third-order valence-corrected chi connectivity index (χ3v) is 4.34. The summed E-state index contributed by atoms with van der Waals surface area (Å²) >= 11 is 0. The van der Waals surface area contributed by atoms with Gasteiger partial charge in [-0.05, 0) is 35.7 Å². The zero-order valence-corrected chi connectivity index (χ0v) is 13.7. The average Bonchev–Trinajstić information content (AvgIpc) is 2.46. The van der Waals surface area contributed by atoms with Crippen LogP contribution in [-0.2, 0) is 10.2 Å². The molecule has 3 nitrogen and oxygen atoms in total. The van der Waals surface area contributed by atoms with E-state index in [2.05, 4.69) is 56.1 Å². The van der Waals surface area contributed by atoms with Gasteiger partial charge in [0.05, 0.1) is 6.42 Å². The fourth-order valence-electron chi connectivity index (χ4n) is 2.91. The molecular formula is C19H23NO2. The summed E-state index contributed by atoms with van der Waals surface area (Å²) < 4.78 is 0. The molecular weight excluding hydrogens is 274 g/mol. The molecule has 3 heteroatoms. The molecule has 22 heavy (non-hydrogen) atoms. The largest absolute Gasteiger partial charge is 0.481 e. The SMILES string of the molecule is CC(=NCCC(=O)O)C(C)(C)c1c(C)ccc2ccccc12. The van der Waals surface area contributed by atoms with Gasteiger partial charge in [-0.2, -0.15) is 0 Å². The third-order valence-electron chi connectivity index (χ3n) is 4.34. The first-order valence-corrected chi connectivity index (χ1v) is 7.56. The molecule has 0 radical (unpaired) electrons. The van der Waals surface area contributed by atoms with Crippen LogP contribution in [0.25, 0.3) is 10.8 Å². The highest BCUT2D eigenvalue weighted by Crippen LogP contribution is 2.34. The number of nitrogens with zero attached hydrogens (tertiary/aromatic N) is 1. The number of aliphatic carboxylic acids is 1. The molecule has 0 bridgehead atoms. The van der Waals surface area contributed by atoms with Crippen LogP contribution in [0.5, 0.6) is 0 Å². The number of carbonyl (C=O) groups is 1. The molecule has 0 amide bonds. The normalized spacial score (nSPS) is 12.6. The second kappa shape index (κ2) is 6.30. The number of hydrogen-bond donors (Lipinski definition) is 1. The Labute approximate surface area is 131 Å². The van der Waals surface area contributed by atoms with E-state index in [1.54, 1.807) is 0 Å². The van der Waals surface area contributed by atoms with E-state index in [1.165, 1.54) is 21.9 Å². The van der Waals surface area contributed by atoms with E-state index in [1.807, 2.05) is 13.0 Å². The number of aliphatic imine (C=N–C) groups is 1. The maximum atomic E-state index is 10.7. The molecule has 0 aliphatic carbocycles. The van der Waals surface area contributed by atoms with Crippen molar-refractivity contribution in [3.63, 3.8) is 0 Å². The Morgan fingerprint density at radius 2 is 1.86 bits per heavy atom.